The second kappa shape index (κ2) is 5.65. The zero-order valence-corrected chi connectivity index (χ0v) is 13.4. The Bertz CT molecular complexity index is 540. The van der Waals surface area contributed by atoms with Crippen molar-refractivity contribution >= 4 is 0 Å². The van der Waals surface area contributed by atoms with E-state index in [0.29, 0.717) is 11.8 Å². The van der Waals surface area contributed by atoms with Crippen LogP contribution in [0, 0.1) is 17.3 Å². The van der Waals surface area contributed by atoms with Crippen LogP contribution in [0.15, 0.2) is 24.3 Å². The quantitative estimate of drug-likeness (QED) is 0.894. The molecule has 0 aromatic heterocycles. The molecule has 1 aromatic rings. The van der Waals surface area contributed by atoms with E-state index in [1.807, 2.05) is 0 Å². The molecule has 2 saturated carbocycles. The van der Waals surface area contributed by atoms with Crippen molar-refractivity contribution < 1.29 is 10.2 Å². The first-order valence-corrected chi connectivity index (χ1v) is 9.13. The average molecular weight is 300 g/mol. The van der Waals surface area contributed by atoms with Crippen LogP contribution < -0.4 is 0 Å². The fourth-order valence-corrected chi connectivity index (χ4v) is 6.19. The van der Waals surface area contributed by atoms with Gasteiger partial charge < -0.3 is 10.2 Å². The van der Waals surface area contributed by atoms with Gasteiger partial charge in [-0.05, 0) is 85.7 Å². The molecule has 0 amide bonds. The van der Waals surface area contributed by atoms with Crippen LogP contribution in [0.2, 0.25) is 0 Å². The van der Waals surface area contributed by atoms with Gasteiger partial charge in [0.05, 0.1) is 6.10 Å². The first-order chi connectivity index (χ1) is 10.8. The largest absolute Gasteiger partial charge is 0.396 e. The molecule has 0 saturated heterocycles. The van der Waals surface area contributed by atoms with Crippen LogP contribution in [-0.4, -0.2) is 22.9 Å². The van der Waals surface area contributed by atoms with Crippen LogP contribution >= 0.6 is 0 Å². The Hall–Kier alpha value is -0.860. The summed E-state index contributed by atoms with van der Waals surface area (Å²) >= 11 is 0. The Morgan fingerprint density at radius 2 is 1.95 bits per heavy atom. The van der Waals surface area contributed by atoms with Gasteiger partial charge in [0, 0.05) is 6.61 Å². The third-order valence-electron chi connectivity index (χ3n) is 7.11. The zero-order chi connectivity index (χ0) is 15.2. The number of aryl methyl sites for hydroxylation is 1. The van der Waals surface area contributed by atoms with E-state index < -0.39 is 0 Å². The number of hydrogen-bond donors (Lipinski definition) is 2. The maximum Gasteiger partial charge on any atom is 0.0599 e. The standard InChI is InChI=1S/C20H28O2/c21-13-3-11-20-12-10-16-15-5-2-1-4-14(15)6-7-17(16)18(20)8-9-19(20)22/h1-2,4-5,16-19,21-22H,3,6-13H2/t16-,17-,18+,19+,20+/m1/s1. The molecular formula is C20H28O2. The fraction of sp³-hybridized carbons (Fsp3) is 0.700. The summed E-state index contributed by atoms with van der Waals surface area (Å²) < 4.78 is 0. The van der Waals surface area contributed by atoms with E-state index in [4.69, 9.17) is 0 Å². The normalized spacial score (nSPS) is 39.9. The summed E-state index contributed by atoms with van der Waals surface area (Å²) in [5.41, 5.74) is 3.26. The van der Waals surface area contributed by atoms with E-state index in [1.165, 1.54) is 25.7 Å². The highest BCUT2D eigenvalue weighted by molar-refractivity contribution is 5.35. The van der Waals surface area contributed by atoms with Crippen molar-refractivity contribution in [2.75, 3.05) is 6.61 Å². The maximum absolute atomic E-state index is 10.7. The molecule has 0 heterocycles. The summed E-state index contributed by atoms with van der Waals surface area (Å²) in [4.78, 5) is 0. The molecular weight excluding hydrogens is 272 g/mol. The van der Waals surface area contributed by atoms with Crippen molar-refractivity contribution in [1.29, 1.82) is 0 Å². The van der Waals surface area contributed by atoms with Gasteiger partial charge in [0.1, 0.15) is 0 Å². The molecule has 0 unspecified atom stereocenters. The summed E-state index contributed by atoms with van der Waals surface area (Å²) in [7, 11) is 0. The smallest absolute Gasteiger partial charge is 0.0599 e. The first kappa shape index (κ1) is 14.7. The Kier molecular flexibility index (Phi) is 3.78. The number of rotatable bonds is 3. The lowest BCUT2D eigenvalue weighted by molar-refractivity contribution is -0.0460. The Balaban J connectivity index is 1.65. The molecule has 2 heteroatoms. The second-order valence-electron chi connectivity index (χ2n) is 7.81. The van der Waals surface area contributed by atoms with E-state index >= 15 is 0 Å². The third-order valence-corrected chi connectivity index (χ3v) is 7.11. The van der Waals surface area contributed by atoms with E-state index in [-0.39, 0.29) is 18.1 Å². The summed E-state index contributed by atoms with van der Waals surface area (Å²) in [6.45, 7) is 0.262. The Morgan fingerprint density at radius 3 is 2.82 bits per heavy atom. The predicted octanol–water partition coefficient (Wildman–Crippen LogP) is 3.66. The monoisotopic (exact) mass is 300 g/mol. The van der Waals surface area contributed by atoms with Gasteiger partial charge in [-0.1, -0.05) is 24.3 Å². The van der Waals surface area contributed by atoms with Crippen LogP contribution in [0.5, 0.6) is 0 Å². The second-order valence-corrected chi connectivity index (χ2v) is 7.81. The lowest BCUT2D eigenvalue weighted by Gasteiger charge is -2.51. The van der Waals surface area contributed by atoms with Crippen molar-refractivity contribution in [3.63, 3.8) is 0 Å². The number of fused-ring (bicyclic) bond motifs is 5. The number of aliphatic hydroxyl groups is 2. The summed E-state index contributed by atoms with van der Waals surface area (Å²) in [6.07, 6.45) is 8.76. The molecule has 3 aliphatic rings. The SMILES string of the molecule is OCCC[C@]12CC[C@@H]3c4ccccc4CC[C@H]3[C@@H]1CC[C@@H]2O. The zero-order valence-electron chi connectivity index (χ0n) is 13.4. The molecule has 1 aromatic carbocycles. The minimum absolute atomic E-state index is 0.107. The highest BCUT2D eigenvalue weighted by atomic mass is 16.3. The van der Waals surface area contributed by atoms with Crippen molar-refractivity contribution in [2.24, 2.45) is 17.3 Å². The van der Waals surface area contributed by atoms with Gasteiger partial charge >= 0.3 is 0 Å². The van der Waals surface area contributed by atoms with Gasteiger partial charge in [-0.15, -0.1) is 0 Å². The molecule has 22 heavy (non-hydrogen) atoms. The van der Waals surface area contributed by atoms with Gasteiger partial charge in [0.15, 0.2) is 0 Å². The predicted molar refractivity (Wildman–Crippen MR) is 87.7 cm³/mol. The summed E-state index contributed by atoms with van der Waals surface area (Å²) in [5.74, 6) is 2.13. The van der Waals surface area contributed by atoms with E-state index in [9.17, 15) is 10.2 Å². The van der Waals surface area contributed by atoms with Crippen LogP contribution in [0.4, 0.5) is 0 Å². The van der Waals surface area contributed by atoms with E-state index in [2.05, 4.69) is 24.3 Å². The average Bonchev–Trinajstić information content (AvgIpc) is 2.90. The molecule has 5 atom stereocenters. The molecule has 0 aliphatic heterocycles. The van der Waals surface area contributed by atoms with Gasteiger partial charge in [-0.25, -0.2) is 0 Å². The summed E-state index contributed by atoms with van der Waals surface area (Å²) in [5, 5.41) is 20.0. The highest BCUT2D eigenvalue weighted by Crippen LogP contribution is 2.62. The molecule has 120 valence electrons. The van der Waals surface area contributed by atoms with Gasteiger partial charge in [-0.3, -0.25) is 0 Å². The lowest BCUT2D eigenvalue weighted by atomic mass is 9.53. The number of benzene rings is 1. The van der Waals surface area contributed by atoms with Crippen LogP contribution in [0.3, 0.4) is 0 Å². The van der Waals surface area contributed by atoms with Gasteiger partial charge in [0.25, 0.3) is 0 Å². The number of hydrogen-bond acceptors (Lipinski definition) is 2. The molecule has 2 N–H and O–H groups in total. The van der Waals surface area contributed by atoms with Crippen LogP contribution in [0.1, 0.15) is 62.0 Å². The maximum atomic E-state index is 10.7. The molecule has 0 spiro atoms. The van der Waals surface area contributed by atoms with Crippen LogP contribution in [0.25, 0.3) is 0 Å². The lowest BCUT2D eigenvalue weighted by Crippen LogP contribution is -2.46. The highest BCUT2D eigenvalue weighted by Gasteiger charge is 2.56. The molecule has 3 aliphatic carbocycles. The van der Waals surface area contributed by atoms with E-state index in [0.717, 1.165) is 31.6 Å². The first-order valence-electron chi connectivity index (χ1n) is 9.13. The van der Waals surface area contributed by atoms with E-state index in [1.54, 1.807) is 11.1 Å². The van der Waals surface area contributed by atoms with Crippen LogP contribution in [-0.2, 0) is 6.42 Å². The van der Waals surface area contributed by atoms with Crippen molar-refractivity contribution in [1.82, 2.24) is 0 Å². The molecule has 2 nitrogen and oxygen atoms in total. The fourth-order valence-electron chi connectivity index (χ4n) is 6.19. The topological polar surface area (TPSA) is 40.5 Å². The van der Waals surface area contributed by atoms with Crippen molar-refractivity contribution in [3.05, 3.63) is 35.4 Å². The third kappa shape index (κ3) is 2.07. The van der Waals surface area contributed by atoms with Gasteiger partial charge in [-0.2, -0.15) is 0 Å². The Morgan fingerprint density at radius 1 is 1.09 bits per heavy atom. The molecule has 4 rings (SSSR count). The number of aliphatic hydroxyl groups excluding tert-OH is 2. The molecule has 0 radical (unpaired) electrons. The Labute approximate surface area is 133 Å². The molecule has 2 fully saturated rings. The minimum atomic E-state index is -0.137. The van der Waals surface area contributed by atoms with Crippen molar-refractivity contribution in [2.45, 2.75) is 63.4 Å². The minimum Gasteiger partial charge on any atom is -0.396 e. The van der Waals surface area contributed by atoms with Crippen molar-refractivity contribution in [3.8, 4) is 0 Å². The summed E-state index contributed by atoms with van der Waals surface area (Å²) in [6, 6.07) is 9.02. The molecule has 0 bridgehead atoms. The van der Waals surface area contributed by atoms with Gasteiger partial charge in [0.2, 0.25) is 0 Å².